The van der Waals surface area contributed by atoms with Crippen molar-refractivity contribution in [1.82, 2.24) is 10.6 Å². The van der Waals surface area contributed by atoms with Crippen LogP contribution in [0.3, 0.4) is 0 Å². The third kappa shape index (κ3) is 3.36. The summed E-state index contributed by atoms with van der Waals surface area (Å²) < 4.78 is 10.4. The van der Waals surface area contributed by atoms with Gasteiger partial charge in [0.15, 0.2) is 11.5 Å². The van der Waals surface area contributed by atoms with E-state index in [9.17, 15) is 4.79 Å². The van der Waals surface area contributed by atoms with Crippen molar-refractivity contribution in [2.45, 2.75) is 12.5 Å². The monoisotopic (exact) mass is 326 g/mol. The van der Waals surface area contributed by atoms with Gasteiger partial charge in [-0.25, -0.2) is 0 Å². The molecule has 0 bridgehead atoms. The Bertz CT molecular complexity index is 730. The Labute approximate surface area is 142 Å². The third-order valence-corrected chi connectivity index (χ3v) is 4.33. The van der Waals surface area contributed by atoms with Crippen LogP contribution < -0.4 is 20.1 Å². The van der Waals surface area contributed by atoms with E-state index in [1.807, 2.05) is 6.07 Å². The molecule has 0 saturated heterocycles. The lowest BCUT2D eigenvalue weighted by molar-refractivity contribution is 0.0948. The van der Waals surface area contributed by atoms with Gasteiger partial charge in [-0.15, -0.1) is 0 Å². The molecule has 5 heteroatoms. The van der Waals surface area contributed by atoms with Crippen LogP contribution in [0.4, 0.5) is 0 Å². The van der Waals surface area contributed by atoms with Gasteiger partial charge < -0.3 is 20.1 Å². The molecule has 2 aromatic rings. The molecule has 1 aliphatic rings. The van der Waals surface area contributed by atoms with Crippen molar-refractivity contribution < 1.29 is 14.3 Å². The Hall–Kier alpha value is -2.53. The molecule has 0 spiro atoms. The van der Waals surface area contributed by atoms with Crippen LogP contribution in [0.15, 0.2) is 42.5 Å². The summed E-state index contributed by atoms with van der Waals surface area (Å²) in [6.45, 7) is 1.47. The fourth-order valence-electron chi connectivity index (χ4n) is 3.05. The Balaban J connectivity index is 1.68. The molecule has 24 heavy (non-hydrogen) atoms. The molecule has 1 aliphatic heterocycles. The second kappa shape index (κ2) is 7.36. The second-order valence-corrected chi connectivity index (χ2v) is 5.74. The van der Waals surface area contributed by atoms with Crippen LogP contribution in [0.1, 0.15) is 27.5 Å². The van der Waals surface area contributed by atoms with Gasteiger partial charge in [0, 0.05) is 18.2 Å². The zero-order chi connectivity index (χ0) is 16.9. The average Bonchev–Trinajstić information content (AvgIpc) is 2.65. The van der Waals surface area contributed by atoms with E-state index in [4.69, 9.17) is 9.47 Å². The molecule has 0 radical (unpaired) electrons. The van der Waals surface area contributed by atoms with E-state index in [2.05, 4.69) is 28.8 Å². The molecule has 0 saturated carbocycles. The maximum absolute atomic E-state index is 12.4. The molecule has 1 unspecified atom stereocenters. The number of ether oxygens (including phenoxy) is 2. The summed E-state index contributed by atoms with van der Waals surface area (Å²) in [5.74, 6) is 1.03. The van der Waals surface area contributed by atoms with Crippen molar-refractivity contribution in [3.05, 3.63) is 59.2 Å². The Kier molecular flexibility index (Phi) is 5.01. The molecule has 2 N–H and O–H groups in total. The minimum absolute atomic E-state index is 0.124. The largest absolute Gasteiger partial charge is 0.493 e. The molecule has 126 valence electrons. The minimum atomic E-state index is -0.124. The quantitative estimate of drug-likeness (QED) is 0.885. The van der Waals surface area contributed by atoms with Gasteiger partial charge in [-0.2, -0.15) is 0 Å². The Morgan fingerprint density at radius 1 is 1.17 bits per heavy atom. The number of carbonyl (C=O) groups is 1. The predicted octanol–water partition coefficient (Wildman–Crippen LogP) is 2.32. The van der Waals surface area contributed by atoms with Crippen molar-refractivity contribution in [3.63, 3.8) is 0 Å². The number of rotatable bonds is 5. The molecule has 5 nitrogen and oxygen atoms in total. The van der Waals surface area contributed by atoms with E-state index in [1.165, 1.54) is 11.1 Å². The van der Waals surface area contributed by atoms with Crippen molar-refractivity contribution in [1.29, 1.82) is 0 Å². The van der Waals surface area contributed by atoms with Crippen LogP contribution in [0, 0.1) is 0 Å². The first-order valence-corrected chi connectivity index (χ1v) is 8.04. The van der Waals surface area contributed by atoms with Crippen molar-refractivity contribution in [3.8, 4) is 11.5 Å². The lowest BCUT2D eigenvalue weighted by Gasteiger charge is -2.27. The zero-order valence-corrected chi connectivity index (χ0v) is 14.0. The molecule has 2 aromatic carbocycles. The highest BCUT2D eigenvalue weighted by Crippen LogP contribution is 2.27. The van der Waals surface area contributed by atoms with E-state index in [-0.39, 0.29) is 11.9 Å². The molecule has 0 fully saturated rings. The summed E-state index contributed by atoms with van der Waals surface area (Å²) >= 11 is 0. The van der Waals surface area contributed by atoms with Gasteiger partial charge in [-0.3, -0.25) is 4.79 Å². The molecule has 1 heterocycles. The molecule has 3 rings (SSSR count). The van der Waals surface area contributed by atoms with Gasteiger partial charge in [0.2, 0.25) is 0 Å². The zero-order valence-electron chi connectivity index (χ0n) is 14.0. The topological polar surface area (TPSA) is 59.6 Å². The van der Waals surface area contributed by atoms with Gasteiger partial charge in [-0.1, -0.05) is 24.3 Å². The molecule has 1 amide bonds. The lowest BCUT2D eigenvalue weighted by Crippen LogP contribution is -2.38. The van der Waals surface area contributed by atoms with Crippen LogP contribution in [-0.2, 0) is 6.42 Å². The third-order valence-electron chi connectivity index (χ3n) is 4.33. The smallest absolute Gasteiger partial charge is 0.251 e. The van der Waals surface area contributed by atoms with E-state index >= 15 is 0 Å². The first-order valence-electron chi connectivity index (χ1n) is 8.04. The van der Waals surface area contributed by atoms with Crippen molar-refractivity contribution in [2.24, 2.45) is 0 Å². The van der Waals surface area contributed by atoms with Crippen molar-refractivity contribution in [2.75, 3.05) is 27.3 Å². The SMILES string of the molecule is COc1ccc(C(=O)NCC2NCCc3ccccc32)cc1OC. The highest BCUT2D eigenvalue weighted by atomic mass is 16.5. The summed E-state index contributed by atoms with van der Waals surface area (Å²) in [6.07, 6.45) is 1.02. The van der Waals surface area contributed by atoms with Gasteiger partial charge >= 0.3 is 0 Å². The summed E-state index contributed by atoms with van der Waals surface area (Å²) in [5, 5.41) is 6.46. The summed E-state index contributed by atoms with van der Waals surface area (Å²) in [6, 6.07) is 13.7. The Morgan fingerprint density at radius 2 is 1.96 bits per heavy atom. The van der Waals surface area contributed by atoms with Crippen LogP contribution in [0.2, 0.25) is 0 Å². The first kappa shape index (κ1) is 16.3. The number of methoxy groups -OCH3 is 2. The fraction of sp³-hybridized carbons (Fsp3) is 0.316. The highest BCUT2D eigenvalue weighted by molar-refractivity contribution is 5.94. The highest BCUT2D eigenvalue weighted by Gasteiger charge is 2.20. The standard InChI is InChI=1S/C19H22N2O3/c1-23-17-8-7-14(11-18(17)24-2)19(22)21-12-16-15-6-4-3-5-13(15)9-10-20-16/h3-8,11,16,20H,9-10,12H2,1-2H3,(H,21,22). The van der Waals surface area contributed by atoms with Crippen LogP contribution in [0.5, 0.6) is 11.5 Å². The number of nitrogens with one attached hydrogen (secondary N) is 2. The van der Waals surface area contributed by atoms with Gasteiger partial charge in [0.1, 0.15) is 0 Å². The van der Waals surface area contributed by atoms with Crippen LogP contribution in [-0.4, -0.2) is 33.2 Å². The number of hydrogen-bond acceptors (Lipinski definition) is 4. The number of carbonyl (C=O) groups excluding carboxylic acids is 1. The Morgan fingerprint density at radius 3 is 2.75 bits per heavy atom. The first-order chi connectivity index (χ1) is 11.7. The van der Waals surface area contributed by atoms with Gasteiger partial charge in [0.25, 0.3) is 5.91 Å². The maximum Gasteiger partial charge on any atom is 0.251 e. The molecular weight excluding hydrogens is 304 g/mol. The number of amides is 1. The molecule has 0 aromatic heterocycles. The van der Waals surface area contributed by atoms with E-state index in [0.29, 0.717) is 23.6 Å². The van der Waals surface area contributed by atoms with E-state index in [1.54, 1.807) is 32.4 Å². The number of benzene rings is 2. The summed E-state index contributed by atoms with van der Waals surface area (Å²) in [7, 11) is 3.13. The molecule has 0 aliphatic carbocycles. The van der Waals surface area contributed by atoms with Crippen LogP contribution in [0.25, 0.3) is 0 Å². The van der Waals surface area contributed by atoms with E-state index < -0.39 is 0 Å². The summed E-state index contributed by atoms with van der Waals surface area (Å²) in [4.78, 5) is 12.4. The normalized spacial score (nSPS) is 16.2. The van der Waals surface area contributed by atoms with Gasteiger partial charge in [0.05, 0.1) is 14.2 Å². The molecule has 1 atom stereocenters. The van der Waals surface area contributed by atoms with Crippen molar-refractivity contribution >= 4 is 5.91 Å². The minimum Gasteiger partial charge on any atom is -0.493 e. The fourth-order valence-corrected chi connectivity index (χ4v) is 3.05. The average molecular weight is 326 g/mol. The summed E-state index contributed by atoms with van der Waals surface area (Å²) in [5.41, 5.74) is 3.16. The lowest BCUT2D eigenvalue weighted by atomic mass is 9.94. The molecular formula is C19H22N2O3. The second-order valence-electron chi connectivity index (χ2n) is 5.74. The predicted molar refractivity (Wildman–Crippen MR) is 92.8 cm³/mol. The maximum atomic E-state index is 12.4. The van der Waals surface area contributed by atoms with Gasteiger partial charge in [-0.05, 0) is 42.3 Å². The number of fused-ring (bicyclic) bond motifs is 1. The van der Waals surface area contributed by atoms with E-state index in [0.717, 1.165) is 13.0 Å². The van der Waals surface area contributed by atoms with Crippen LogP contribution >= 0.6 is 0 Å². The number of hydrogen-bond donors (Lipinski definition) is 2.